The van der Waals surface area contributed by atoms with Crippen molar-refractivity contribution in [1.82, 2.24) is 5.32 Å². The molecule has 3 nitrogen and oxygen atoms in total. The van der Waals surface area contributed by atoms with Crippen LogP contribution in [-0.4, -0.2) is 23.7 Å². The number of rotatable bonds is 5. The van der Waals surface area contributed by atoms with Crippen LogP contribution in [0.4, 0.5) is 0 Å². The second-order valence-corrected chi connectivity index (χ2v) is 6.61. The van der Waals surface area contributed by atoms with Gasteiger partial charge in [-0.2, -0.15) is 0 Å². The maximum atomic E-state index is 11.7. The summed E-state index contributed by atoms with van der Waals surface area (Å²) in [6.07, 6.45) is 0. The molecule has 0 heterocycles. The van der Waals surface area contributed by atoms with E-state index in [-0.39, 0.29) is 11.4 Å². The van der Waals surface area contributed by atoms with Gasteiger partial charge in [0.1, 0.15) is 0 Å². The number of fused-ring (bicyclic) bond motifs is 1. The van der Waals surface area contributed by atoms with Gasteiger partial charge in [0.2, 0.25) is 5.91 Å². The number of amides is 1. The highest BCUT2D eigenvalue weighted by atomic mass is 32.2. The topological polar surface area (TPSA) is 55.1 Å². The maximum absolute atomic E-state index is 11.7. The van der Waals surface area contributed by atoms with Gasteiger partial charge in [-0.25, -0.2) is 0 Å². The zero-order chi connectivity index (χ0) is 14.6. The Morgan fingerprint density at radius 1 is 1.20 bits per heavy atom. The Kier molecular flexibility index (Phi) is 4.68. The Hall–Kier alpha value is -1.52. The molecular formula is C16H20N2OS. The van der Waals surface area contributed by atoms with E-state index in [2.05, 4.69) is 29.6 Å². The average molecular weight is 288 g/mol. The van der Waals surface area contributed by atoms with Crippen LogP contribution in [0.25, 0.3) is 10.8 Å². The first-order valence-corrected chi connectivity index (χ1v) is 7.60. The van der Waals surface area contributed by atoms with E-state index in [1.807, 2.05) is 32.0 Å². The molecule has 1 amide bonds. The molecule has 0 atom stereocenters. The molecule has 4 heteroatoms. The third kappa shape index (κ3) is 4.54. The fourth-order valence-corrected chi connectivity index (χ4v) is 2.56. The SMILES string of the molecule is CC(C)(N)CNC(=O)CSc1ccc2ccccc2c1. The van der Waals surface area contributed by atoms with Gasteiger partial charge in [-0.15, -0.1) is 11.8 Å². The summed E-state index contributed by atoms with van der Waals surface area (Å²) in [5, 5.41) is 5.25. The van der Waals surface area contributed by atoms with Crippen LogP contribution in [0, 0.1) is 0 Å². The Balaban J connectivity index is 1.90. The molecule has 2 aromatic rings. The standard InChI is InChI=1S/C16H20N2OS/c1-16(2,17)11-18-15(19)10-20-14-8-7-12-5-3-4-6-13(12)9-14/h3-9H,10-11,17H2,1-2H3,(H,18,19). The zero-order valence-corrected chi connectivity index (χ0v) is 12.7. The number of nitrogens with one attached hydrogen (secondary N) is 1. The number of carbonyl (C=O) groups excluding carboxylic acids is 1. The number of benzene rings is 2. The van der Waals surface area contributed by atoms with E-state index >= 15 is 0 Å². The molecular weight excluding hydrogens is 268 g/mol. The van der Waals surface area contributed by atoms with Crippen LogP contribution in [0.2, 0.25) is 0 Å². The van der Waals surface area contributed by atoms with Gasteiger partial charge >= 0.3 is 0 Å². The van der Waals surface area contributed by atoms with Crippen LogP contribution in [0.3, 0.4) is 0 Å². The van der Waals surface area contributed by atoms with Crippen molar-refractivity contribution in [2.24, 2.45) is 5.73 Å². The minimum atomic E-state index is -0.372. The van der Waals surface area contributed by atoms with E-state index in [1.54, 1.807) is 11.8 Å². The summed E-state index contributed by atoms with van der Waals surface area (Å²) in [6.45, 7) is 4.28. The molecule has 0 unspecified atom stereocenters. The Bertz CT molecular complexity index is 605. The zero-order valence-electron chi connectivity index (χ0n) is 11.8. The molecule has 0 aromatic heterocycles. The molecule has 0 saturated carbocycles. The molecule has 0 aliphatic rings. The molecule has 0 fully saturated rings. The van der Waals surface area contributed by atoms with Crippen LogP contribution >= 0.6 is 11.8 Å². The Morgan fingerprint density at radius 2 is 1.90 bits per heavy atom. The molecule has 3 N–H and O–H groups in total. The summed E-state index contributed by atoms with van der Waals surface area (Å²) in [7, 11) is 0. The Labute approximate surface area is 123 Å². The molecule has 2 rings (SSSR count). The predicted molar refractivity (Wildman–Crippen MR) is 85.9 cm³/mol. The summed E-state index contributed by atoms with van der Waals surface area (Å²) < 4.78 is 0. The van der Waals surface area contributed by atoms with Crippen LogP contribution in [-0.2, 0) is 4.79 Å². The van der Waals surface area contributed by atoms with Crippen molar-refractivity contribution >= 4 is 28.4 Å². The number of hydrogen-bond donors (Lipinski definition) is 2. The molecule has 2 aromatic carbocycles. The minimum absolute atomic E-state index is 0.0154. The fraction of sp³-hybridized carbons (Fsp3) is 0.312. The van der Waals surface area contributed by atoms with Gasteiger partial charge in [0.15, 0.2) is 0 Å². The third-order valence-corrected chi connectivity index (χ3v) is 3.83. The van der Waals surface area contributed by atoms with Crippen molar-refractivity contribution in [3.05, 3.63) is 42.5 Å². The molecule has 20 heavy (non-hydrogen) atoms. The van der Waals surface area contributed by atoms with E-state index < -0.39 is 0 Å². The lowest BCUT2D eigenvalue weighted by atomic mass is 10.1. The van der Waals surface area contributed by atoms with E-state index in [4.69, 9.17) is 5.73 Å². The minimum Gasteiger partial charge on any atom is -0.354 e. The van der Waals surface area contributed by atoms with Crippen molar-refractivity contribution in [3.8, 4) is 0 Å². The molecule has 0 aliphatic heterocycles. The van der Waals surface area contributed by atoms with E-state index in [1.165, 1.54) is 10.8 Å². The lowest BCUT2D eigenvalue weighted by molar-refractivity contribution is -0.118. The number of hydrogen-bond acceptors (Lipinski definition) is 3. The predicted octanol–water partition coefficient (Wildman–Crippen LogP) is 2.79. The number of carbonyl (C=O) groups is 1. The van der Waals surface area contributed by atoms with Gasteiger partial charge in [-0.3, -0.25) is 4.79 Å². The summed E-state index contributed by atoms with van der Waals surface area (Å²) in [5.41, 5.74) is 5.46. The second-order valence-electron chi connectivity index (χ2n) is 5.56. The number of nitrogens with two attached hydrogens (primary N) is 1. The van der Waals surface area contributed by atoms with E-state index in [0.717, 1.165) is 4.90 Å². The maximum Gasteiger partial charge on any atom is 0.230 e. The molecule has 0 saturated heterocycles. The monoisotopic (exact) mass is 288 g/mol. The third-order valence-electron chi connectivity index (χ3n) is 2.83. The van der Waals surface area contributed by atoms with Gasteiger partial charge in [0, 0.05) is 17.0 Å². The lowest BCUT2D eigenvalue weighted by Gasteiger charge is -2.18. The summed E-state index contributed by atoms with van der Waals surface area (Å²) in [5.74, 6) is 0.427. The molecule has 0 aliphatic carbocycles. The van der Waals surface area contributed by atoms with Crippen molar-refractivity contribution in [1.29, 1.82) is 0 Å². The van der Waals surface area contributed by atoms with Crippen molar-refractivity contribution in [3.63, 3.8) is 0 Å². The molecule has 0 spiro atoms. The van der Waals surface area contributed by atoms with Crippen molar-refractivity contribution in [2.45, 2.75) is 24.3 Å². The highest BCUT2D eigenvalue weighted by Crippen LogP contribution is 2.23. The summed E-state index contributed by atoms with van der Waals surface area (Å²) in [4.78, 5) is 12.8. The average Bonchev–Trinajstić information content (AvgIpc) is 2.42. The largest absolute Gasteiger partial charge is 0.354 e. The van der Waals surface area contributed by atoms with E-state index in [0.29, 0.717) is 12.3 Å². The van der Waals surface area contributed by atoms with Crippen LogP contribution in [0.15, 0.2) is 47.4 Å². The van der Waals surface area contributed by atoms with E-state index in [9.17, 15) is 4.79 Å². The van der Waals surface area contributed by atoms with Crippen LogP contribution in [0.5, 0.6) is 0 Å². The van der Waals surface area contributed by atoms with Gasteiger partial charge in [0.05, 0.1) is 5.75 Å². The number of thioether (sulfide) groups is 1. The highest BCUT2D eigenvalue weighted by Gasteiger charge is 2.12. The van der Waals surface area contributed by atoms with Gasteiger partial charge in [-0.1, -0.05) is 30.3 Å². The first kappa shape index (κ1) is 14.9. The smallest absolute Gasteiger partial charge is 0.230 e. The fourth-order valence-electron chi connectivity index (χ4n) is 1.78. The first-order valence-electron chi connectivity index (χ1n) is 6.61. The van der Waals surface area contributed by atoms with Gasteiger partial charge in [0.25, 0.3) is 0 Å². The lowest BCUT2D eigenvalue weighted by Crippen LogP contribution is -2.45. The molecule has 106 valence electrons. The molecule has 0 bridgehead atoms. The van der Waals surface area contributed by atoms with Crippen LogP contribution < -0.4 is 11.1 Å². The normalized spacial score (nSPS) is 11.6. The highest BCUT2D eigenvalue weighted by molar-refractivity contribution is 8.00. The molecule has 0 radical (unpaired) electrons. The summed E-state index contributed by atoms with van der Waals surface area (Å²) >= 11 is 1.54. The van der Waals surface area contributed by atoms with Gasteiger partial charge in [-0.05, 0) is 36.8 Å². The van der Waals surface area contributed by atoms with Crippen LogP contribution in [0.1, 0.15) is 13.8 Å². The van der Waals surface area contributed by atoms with Crippen molar-refractivity contribution in [2.75, 3.05) is 12.3 Å². The quantitative estimate of drug-likeness (QED) is 0.832. The van der Waals surface area contributed by atoms with Gasteiger partial charge < -0.3 is 11.1 Å². The first-order chi connectivity index (χ1) is 9.44. The second kappa shape index (κ2) is 6.29. The Morgan fingerprint density at radius 3 is 2.60 bits per heavy atom. The summed E-state index contributed by atoms with van der Waals surface area (Å²) in [6, 6.07) is 14.5. The van der Waals surface area contributed by atoms with Crippen molar-refractivity contribution < 1.29 is 4.79 Å².